The molecule has 0 aliphatic carbocycles. The Labute approximate surface area is 151 Å². The molecule has 0 amide bonds. The first-order valence-electron chi connectivity index (χ1n) is 7.21. The average Bonchev–Trinajstić information content (AvgIpc) is 3.07. The zero-order valence-electron chi connectivity index (χ0n) is 13.3. The number of nitrogens with zero attached hydrogens (tertiary/aromatic N) is 4. The van der Waals surface area contributed by atoms with Crippen LogP contribution in [0.4, 0.5) is 5.82 Å². The summed E-state index contributed by atoms with van der Waals surface area (Å²) >= 11 is 0. The van der Waals surface area contributed by atoms with Crippen LogP contribution in [0.5, 0.6) is 0 Å². The molecule has 0 saturated carbocycles. The van der Waals surface area contributed by atoms with E-state index in [1.807, 2.05) is 0 Å². The van der Waals surface area contributed by atoms with E-state index < -0.39 is 47.5 Å². The summed E-state index contributed by atoms with van der Waals surface area (Å²) < 4.78 is 15.2. The molecule has 15 nitrogen and oxygen atoms in total. The van der Waals surface area contributed by atoms with E-state index >= 15 is 0 Å². The van der Waals surface area contributed by atoms with Gasteiger partial charge in [0.2, 0.25) is 0 Å². The molecular weight excluding hydrogens is 412 g/mol. The third kappa shape index (κ3) is 4.46. The van der Waals surface area contributed by atoms with Gasteiger partial charge in [0.05, 0.1) is 10.6 Å². The lowest BCUT2D eigenvalue weighted by Crippen LogP contribution is -2.33. The van der Waals surface area contributed by atoms with Crippen LogP contribution in [-0.4, -0.2) is 79.1 Å². The highest BCUT2D eigenvalue weighted by Gasteiger charge is 2.59. The van der Waals surface area contributed by atoms with Crippen LogP contribution in [0.2, 0.25) is 0 Å². The van der Waals surface area contributed by atoms with Gasteiger partial charge in [0.15, 0.2) is 17.7 Å². The fraction of sp³-hybridized carbons (Fsp3) is 0.500. The summed E-state index contributed by atoms with van der Waals surface area (Å²) in [6.07, 6.45) is -3.00. The zero-order chi connectivity index (χ0) is 20.0. The minimum atomic E-state index is -4.98. The van der Waals surface area contributed by atoms with E-state index in [1.54, 1.807) is 0 Å². The van der Waals surface area contributed by atoms with Gasteiger partial charge in [-0.1, -0.05) is 0 Å². The van der Waals surface area contributed by atoms with Gasteiger partial charge in [-0.05, 0) is 0 Å². The van der Waals surface area contributed by atoms with Gasteiger partial charge in [0.1, 0.15) is 36.8 Å². The van der Waals surface area contributed by atoms with Gasteiger partial charge in [-0.15, -0.1) is 4.52 Å². The Morgan fingerprint density at radius 2 is 1.81 bits per heavy atom. The van der Waals surface area contributed by atoms with Gasteiger partial charge in [-0.3, -0.25) is 4.57 Å². The summed E-state index contributed by atoms with van der Waals surface area (Å²) in [5, 5.41) is 20.3. The van der Waals surface area contributed by atoms with Crippen LogP contribution in [0.3, 0.4) is 0 Å². The molecule has 17 heteroatoms. The third-order valence-corrected chi connectivity index (χ3v) is 5.83. The molecule has 0 spiro atoms. The second-order valence-electron chi connectivity index (χ2n) is 5.51. The molecule has 1 fully saturated rings. The molecule has 2 aromatic rings. The van der Waals surface area contributed by atoms with Crippen molar-refractivity contribution >= 4 is 33.3 Å². The number of aromatic nitrogens is 4. The standard InChI is InChI=1S/C10H17N5O10P2/c11-8-5-9(13-2-12-8)15(3-14-5)10-7(17)6(16)4(24-10)1-23-27(21,22)25-26(18,19)20/h2-4,6-7,10,16-22H,1H2,(H2,11,12,13)/q+2/t4-,6-,7-,10-/m1/s1. The summed E-state index contributed by atoms with van der Waals surface area (Å²) in [6.45, 7) is -0.723. The maximum absolute atomic E-state index is 10.2. The minimum Gasteiger partial charge on any atom is -0.387 e. The van der Waals surface area contributed by atoms with Crippen molar-refractivity contribution in [2.75, 3.05) is 12.3 Å². The monoisotopic (exact) mass is 429 g/mol. The number of hydrogen-bond acceptors (Lipinski definition) is 14. The Bertz CT molecular complexity index is 815. The number of aliphatic hydroxyl groups is 2. The molecule has 0 aromatic carbocycles. The topological polar surface area (TPSA) is 239 Å². The highest BCUT2D eigenvalue weighted by Crippen LogP contribution is 2.67. The van der Waals surface area contributed by atoms with Crippen molar-refractivity contribution in [3.8, 4) is 0 Å². The molecule has 27 heavy (non-hydrogen) atoms. The molecule has 150 valence electrons. The lowest BCUT2D eigenvalue weighted by atomic mass is 10.1. The van der Waals surface area contributed by atoms with Crippen LogP contribution >= 0.6 is 16.3 Å². The predicted molar refractivity (Wildman–Crippen MR) is 87.6 cm³/mol. The molecule has 3 rings (SSSR count). The fourth-order valence-electron chi connectivity index (χ4n) is 2.49. The minimum absolute atomic E-state index is 0.0998. The number of hydrogen-bond donors (Lipinski definition) is 8. The van der Waals surface area contributed by atoms with Crippen molar-refractivity contribution in [1.82, 2.24) is 19.5 Å². The van der Waals surface area contributed by atoms with Crippen molar-refractivity contribution in [2.45, 2.75) is 24.5 Å². The van der Waals surface area contributed by atoms with Crippen LogP contribution in [0.15, 0.2) is 12.7 Å². The van der Waals surface area contributed by atoms with Crippen LogP contribution in [-0.2, 0) is 13.6 Å². The smallest absolute Gasteiger partial charge is 0.387 e. The molecule has 1 aliphatic rings. The number of anilines is 1. The lowest BCUT2D eigenvalue weighted by molar-refractivity contribution is -0.0524. The summed E-state index contributed by atoms with van der Waals surface area (Å²) in [7, 11) is -9.79. The number of aliphatic hydroxyl groups excluding tert-OH is 2. The quantitative estimate of drug-likeness (QED) is 0.219. The number of imidazole rings is 1. The number of rotatable bonds is 6. The van der Waals surface area contributed by atoms with Crippen molar-refractivity contribution < 1.29 is 48.3 Å². The van der Waals surface area contributed by atoms with Gasteiger partial charge in [0.25, 0.3) is 0 Å². The van der Waals surface area contributed by atoms with Gasteiger partial charge in [0, 0.05) is 0 Å². The number of nitrogen functional groups attached to an aromatic ring is 1. The van der Waals surface area contributed by atoms with Crippen molar-refractivity contribution in [3.05, 3.63) is 12.7 Å². The van der Waals surface area contributed by atoms with E-state index in [2.05, 4.69) is 23.8 Å². The van der Waals surface area contributed by atoms with Crippen molar-refractivity contribution in [1.29, 1.82) is 0 Å². The maximum atomic E-state index is 10.2. The second-order valence-corrected chi connectivity index (χ2v) is 8.43. The largest absolute Gasteiger partial charge is 0.620 e. The summed E-state index contributed by atoms with van der Waals surface area (Å²) in [5.41, 5.74) is 6.16. The second kappa shape index (κ2) is 7.33. The van der Waals surface area contributed by atoms with Gasteiger partial charge < -0.3 is 20.7 Å². The first-order valence-corrected chi connectivity index (χ1v) is 10.3. The predicted octanol–water partition coefficient (Wildman–Crippen LogP) is -2.62. The number of fused-ring (bicyclic) bond motifs is 1. The Morgan fingerprint density at radius 3 is 2.48 bits per heavy atom. The first-order chi connectivity index (χ1) is 12.5. The van der Waals surface area contributed by atoms with E-state index in [-0.39, 0.29) is 17.0 Å². The van der Waals surface area contributed by atoms with E-state index in [9.17, 15) is 20.0 Å². The highest BCUT2D eigenvalue weighted by atomic mass is 31.3. The normalized spacial score (nSPS) is 26.8. The fourth-order valence-corrected chi connectivity index (χ4v) is 4.16. The SMILES string of the molecule is Nc1ncnc2c1ncn2[C@@H]1O[C@H](CO[P+](O)(O)O[P+](O)(O)O)[C@@H](O)[C@H]1O. The van der Waals surface area contributed by atoms with E-state index in [1.165, 1.54) is 17.2 Å². The molecular formula is C10H17N5O10P2+2. The third-order valence-electron chi connectivity index (χ3n) is 3.62. The summed E-state index contributed by atoms with van der Waals surface area (Å²) in [6, 6.07) is 0. The van der Waals surface area contributed by atoms with Gasteiger partial charge >= 0.3 is 16.3 Å². The molecule has 0 bridgehead atoms. The maximum Gasteiger partial charge on any atom is 0.620 e. The Hall–Kier alpha value is -1.19. The molecule has 2 aromatic heterocycles. The molecule has 3 heterocycles. The molecule has 4 atom stereocenters. The number of nitrogens with two attached hydrogens (primary N) is 1. The molecule has 0 radical (unpaired) electrons. The Balaban J connectivity index is 1.73. The first kappa shape index (κ1) is 20.5. The highest BCUT2D eigenvalue weighted by molar-refractivity contribution is 7.67. The average molecular weight is 429 g/mol. The molecule has 1 saturated heterocycles. The van der Waals surface area contributed by atoms with E-state index in [0.29, 0.717) is 0 Å². The Morgan fingerprint density at radius 1 is 1.11 bits per heavy atom. The summed E-state index contributed by atoms with van der Waals surface area (Å²) in [4.78, 5) is 56.7. The van der Waals surface area contributed by atoms with Crippen LogP contribution in [0.25, 0.3) is 11.2 Å². The van der Waals surface area contributed by atoms with E-state index in [0.717, 1.165) is 0 Å². The van der Waals surface area contributed by atoms with E-state index in [4.69, 9.17) is 25.2 Å². The van der Waals surface area contributed by atoms with Crippen LogP contribution in [0, 0.1) is 0 Å². The lowest BCUT2D eigenvalue weighted by Gasteiger charge is -2.16. The van der Waals surface area contributed by atoms with Gasteiger partial charge in [-0.2, -0.15) is 24.5 Å². The van der Waals surface area contributed by atoms with Crippen LogP contribution < -0.4 is 5.73 Å². The van der Waals surface area contributed by atoms with Crippen molar-refractivity contribution in [2.24, 2.45) is 0 Å². The molecule has 1 aliphatic heterocycles. The molecule has 9 N–H and O–H groups in total. The van der Waals surface area contributed by atoms with Gasteiger partial charge in [-0.25, -0.2) is 15.0 Å². The van der Waals surface area contributed by atoms with Crippen LogP contribution in [0.1, 0.15) is 6.23 Å². The number of ether oxygens (including phenoxy) is 1. The zero-order valence-corrected chi connectivity index (χ0v) is 15.1. The Kier molecular flexibility index (Phi) is 5.58. The van der Waals surface area contributed by atoms with Crippen molar-refractivity contribution in [3.63, 3.8) is 0 Å². The molecule has 0 unspecified atom stereocenters. The summed E-state index contributed by atoms with van der Waals surface area (Å²) in [5.74, 6) is 0.0998.